The van der Waals surface area contributed by atoms with Gasteiger partial charge in [-0.15, -0.1) is 0 Å². The van der Waals surface area contributed by atoms with E-state index in [1.165, 1.54) is 11.3 Å². The number of nitrogens with zero attached hydrogens (tertiary/aromatic N) is 1. The van der Waals surface area contributed by atoms with E-state index < -0.39 is 0 Å². The minimum absolute atomic E-state index is 0.243. The molecule has 2 rings (SSSR count). The van der Waals surface area contributed by atoms with Gasteiger partial charge in [-0.1, -0.05) is 27.7 Å². The third-order valence-corrected chi connectivity index (χ3v) is 3.50. The Kier molecular flexibility index (Phi) is 2.92. The topological polar surface area (TPSA) is 22.0 Å². The largest absolute Gasteiger partial charge is 0.312 e. The van der Waals surface area contributed by atoms with Gasteiger partial charge in [-0.2, -0.15) is 0 Å². The fourth-order valence-corrected chi connectivity index (χ4v) is 2.58. The molecule has 0 aliphatic carbocycles. The van der Waals surface area contributed by atoms with Crippen LogP contribution in [0.1, 0.15) is 62.8 Å². The summed E-state index contributed by atoms with van der Waals surface area (Å²) in [6.07, 6.45) is 2.19. The number of rotatable bonds is 2. The predicted molar refractivity (Wildman–Crippen MR) is 67.2 cm³/mol. The molecule has 2 nitrogen and oxygen atoms in total. The van der Waals surface area contributed by atoms with E-state index in [2.05, 4.69) is 33.8 Å². The molecule has 2 heteroatoms. The molecule has 1 aromatic heterocycles. The number of hydrogen-bond acceptors (Lipinski definition) is 1. The van der Waals surface area contributed by atoms with Gasteiger partial charge in [0.2, 0.25) is 0 Å². The Balaban J connectivity index is 2.69. The van der Waals surface area contributed by atoms with Crippen molar-refractivity contribution in [1.82, 2.24) is 4.57 Å². The summed E-state index contributed by atoms with van der Waals surface area (Å²) in [4.78, 5) is 12.2. The summed E-state index contributed by atoms with van der Waals surface area (Å²) >= 11 is 0. The van der Waals surface area contributed by atoms with E-state index in [0.29, 0.717) is 11.8 Å². The van der Waals surface area contributed by atoms with Gasteiger partial charge in [0.25, 0.3) is 5.56 Å². The van der Waals surface area contributed by atoms with Gasteiger partial charge in [-0.3, -0.25) is 4.79 Å². The third-order valence-electron chi connectivity index (χ3n) is 3.50. The van der Waals surface area contributed by atoms with Gasteiger partial charge in [-0.05, 0) is 36.3 Å². The second kappa shape index (κ2) is 4.08. The molecule has 0 amide bonds. The number of fused-ring (bicyclic) bond motifs is 1. The summed E-state index contributed by atoms with van der Waals surface area (Å²) in [6.45, 7) is 9.53. The van der Waals surface area contributed by atoms with Crippen molar-refractivity contribution in [3.05, 3.63) is 33.2 Å². The fraction of sp³-hybridized carbons (Fsp3) is 0.643. The SMILES string of the molecule is CC(C)c1cc(C(C)C)c(=O)n2c1CCC2. The Bertz CT molecular complexity index is 455. The molecule has 0 bridgehead atoms. The molecule has 0 N–H and O–H groups in total. The molecule has 0 saturated carbocycles. The third kappa shape index (κ3) is 1.70. The smallest absolute Gasteiger partial charge is 0.254 e. The Labute approximate surface area is 97.3 Å². The molecule has 1 aliphatic rings. The van der Waals surface area contributed by atoms with Crippen molar-refractivity contribution >= 4 is 0 Å². The van der Waals surface area contributed by atoms with Crippen LogP contribution in [0.5, 0.6) is 0 Å². The minimum atomic E-state index is 0.243. The van der Waals surface area contributed by atoms with E-state index in [9.17, 15) is 4.79 Å². The zero-order valence-corrected chi connectivity index (χ0v) is 10.7. The lowest BCUT2D eigenvalue weighted by atomic mass is 9.95. The van der Waals surface area contributed by atoms with E-state index in [4.69, 9.17) is 0 Å². The first-order chi connectivity index (χ1) is 7.52. The van der Waals surface area contributed by atoms with Crippen LogP contribution in [0.25, 0.3) is 0 Å². The van der Waals surface area contributed by atoms with Crippen molar-refractivity contribution in [1.29, 1.82) is 0 Å². The van der Waals surface area contributed by atoms with E-state index in [1.54, 1.807) is 0 Å². The number of aromatic nitrogens is 1. The first-order valence-corrected chi connectivity index (χ1v) is 6.29. The highest BCUT2D eigenvalue weighted by atomic mass is 16.1. The molecule has 0 radical (unpaired) electrons. The molecule has 0 unspecified atom stereocenters. The normalized spacial score (nSPS) is 14.9. The van der Waals surface area contributed by atoms with Crippen molar-refractivity contribution in [2.24, 2.45) is 0 Å². The molecule has 1 aromatic rings. The molecule has 0 aromatic carbocycles. The second-order valence-corrected chi connectivity index (χ2v) is 5.37. The second-order valence-electron chi connectivity index (χ2n) is 5.37. The van der Waals surface area contributed by atoms with Gasteiger partial charge >= 0.3 is 0 Å². The maximum Gasteiger partial charge on any atom is 0.254 e. The molecule has 16 heavy (non-hydrogen) atoms. The predicted octanol–water partition coefficient (Wildman–Crippen LogP) is 3.04. The number of hydrogen-bond donors (Lipinski definition) is 0. The highest BCUT2D eigenvalue weighted by molar-refractivity contribution is 5.32. The van der Waals surface area contributed by atoms with Gasteiger partial charge in [0.1, 0.15) is 0 Å². The maximum atomic E-state index is 12.2. The molecule has 0 spiro atoms. The molecule has 0 fully saturated rings. The summed E-state index contributed by atoms with van der Waals surface area (Å²) in [6, 6.07) is 2.15. The van der Waals surface area contributed by atoms with Crippen LogP contribution in [0.15, 0.2) is 10.9 Å². The molecule has 0 atom stereocenters. The van der Waals surface area contributed by atoms with Gasteiger partial charge in [0.05, 0.1) is 0 Å². The lowest BCUT2D eigenvalue weighted by Crippen LogP contribution is -2.25. The Hall–Kier alpha value is -1.05. The first kappa shape index (κ1) is 11.4. The van der Waals surface area contributed by atoms with Gasteiger partial charge in [0.15, 0.2) is 0 Å². The van der Waals surface area contributed by atoms with Crippen LogP contribution in [0.4, 0.5) is 0 Å². The monoisotopic (exact) mass is 219 g/mol. The Morgan fingerprint density at radius 1 is 1.12 bits per heavy atom. The summed E-state index contributed by atoms with van der Waals surface area (Å²) in [7, 11) is 0. The van der Waals surface area contributed by atoms with E-state index in [-0.39, 0.29) is 5.56 Å². The molecular formula is C14H21NO. The molecule has 1 aliphatic heterocycles. The summed E-state index contributed by atoms with van der Waals surface area (Å²) in [5, 5.41) is 0. The van der Waals surface area contributed by atoms with Gasteiger partial charge < -0.3 is 4.57 Å². The average Bonchev–Trinajstić information content (AvgIpc) is 2.66. The van der Waals surface area contributed by atoms with Crippen molar-refractivity contribution in [3.63, 3.8) is 0 Å². The van der Waals surface area contributed by atoms with Crippen LogP contribution in [0.2, 0.25) is 0 Å². The van der Waals surface area contributed by atoms with Gasteiger partial charge in [-0.25, -0.2) is 0 Å². The van der Waals surface area contributed by atoms with Crippen molar-refractivity contribution < 1.29 is 0 Å². The van der Waals surface area contributed by atoms with Crippen molar-refractivity contribution in [2.45, 2.75) is 58.9 Å². The average molecular weight is 219 g/mol. The molecule has 0 saturated heterocycles. The summed E-state index contributed by atoms with van der Waals surface area (Å²) in [5.74, 6) is 0.834. The van der Waals surface area contributed by atoms with Crippen LogP contribution in [0.3, 0.4) is 0 Å². The Morgan fingerprint density at radius 2 is 1.75 bits per heavy atom. The lowest BCUT2D eigenvalue weighted by Gasteiger charge is -2.17. The van der Waals surface area contributed by atoms with Gasteiger partial charge in [0, 0.05) is 17.8 Å². The zero-order valence-electron chi connectivity index (χ0n) is 10.7. The van der Waals surface area contributed by atoms with Crippen LogP contribution in [-0.4, -0.2) is 4.57 Å². The van der Waals surface area contributed by atoms with Crippen LogP contribution in [-0.2, 0) is 13.0 Å². The van der Waals surface area contributed by atoms with Crippen LogP contribution >= 0.6 is 0 Å². The van der Waals surface area contributed by atoms with Crippen molar-refractivity contribution in [2.75, 3.05) is 0 Å². The lowest BCUT2D eigenvalue weighted by molar-refractivity contribution is 0.686. The van der Waals surface area contributed by atoms with E-state index >= 15 is 0 Å². The van der Waals surface area contributed by atoms with Crippen molar-refractivity contribution in [3.8, 4) is 0 Å². The quantitative estimate of drug-likeness (QED) is 0.749. The molecule has 2 heterocycles. The first-order valence-electron chi connectivity index (χ1n) is 6.29. The number of pyridine rings is 1. The highest BCUT2D eigenvalue weighted by Crippen LogP contribution is 2.26. The van der Waals surface area contributed by atoms with Crippen LogP contribution < -0.4 is 5.56 Å². The summed E-state index contributed by atoms with van der Waals surface area (Å²) in [5.41, 5.74) is 3.88. The fourth-order valence-electron chi connectivity index (χ4n) is 2.58. The standard InChI is InChI=1S/C14H21NO/c1-9(2)11-8-12(10(3)4)14(16)15-7-5-6-13(11)15/h8-10H,5-7H2,1-4H3. The highest BCUT2D eigenvalue weighted by Gasteiger charge is 2.21. The zero-order chi connectivity index (χ0) is 11.9. The Morgan fingerprint density at radius 3 is 2.31 bits per heavy atom. The molecule has 88 valence electrons. The van der Waals surface area contributed by atoms with E-state index in [0.717, 1.165) is 24.9 Å². The summed E-state index contributed by atoms with van der Waals surface area (Å²) < 4.78 is 2.00. The van der Waals surface area contributed by atoms with Crippen LogP contribution in [0, 0.1) is 0 Å². The minimum Gasteiger partial charge on any atom is -0.312 e. The molecular weight excluding hydrogens is 198 g/mol. The van der Waals surface area contributed by atoms with E-state index in [1.807, 2.05) is 4.57 Å². The maximum absolute atomic E-state index is 12.2.